The molecule has 0 radical (unpaired) electrons. The maximum absolute atomic E-state index is 11.7. The van der Waals surface area contributed by atoms with Gasteiger partial charge in [0.25, 0.3) is 0 Å². The molecule has 1 aromatic carbocycles. The second-order valence-corrected chi connectivity index (χ2v) is 8.19. The van der Waals surface area contributed by atoms with Gasteiger partial charge in [-0.1, -0.05) is 31.4 Å². The summed E-state index contributed by atoms with van der Waals surface area (Å²) >= 11 is 0. The van der Waals surface area contributed by atoms with Gasteiger partial charge in [-0.2, -0.15) is 10.2 Å². The minimum absolute atomic E-state index is 0.274. The van der Waals surface area contributed by atoms with Crippen LogP contribution in [0.4, 0.5) is 0 Å². The number of hydrogen-bond donors (Lipinski definition) is 3. The van der Waals surface area contributed by atoms with E-state index in [9.17, 15) is 14.6 Å². The van der Waals surface area contributed by atoms with Crippen LogP contribution in [0.15, 0.2) is 24.3 Å². The fraction of sp³-hybridized carbons (Fsp3) is 0.632. The largest absolute Gasteiger partial charge is 0.509 e. The van der Waals surface area contributed by atoms with Gasteiger partial charge < -0.3 is 10.4 Å². The van der Waals surface area contributed by atoms with Crippen LogP contribution in [0.3, 0.4) is 0 Å². The molecule has 1 saturated carbocycles. The second-order valence-electron chi connectivity index (χ2n) is 6.92. The van der Waals surface area contributed by atoms with E-state index in [1.165, 1.54) is 6.42 Å². The maximum atomic E-state index is 11.7. The lowest BCUT2D eigenvalue weighted by molar-refractivity contribution is 0.147. The van der Waals surface area contributed by atoms with E-state index < -0.39 is 14.1 Å². The van der Waals surface area contributed by atoms with E-state index >= 15 is 0 Å². The topological polar surface area (TPSA) is 93.4 Å². The molecule has 3 N–H and O–H groups in total. The van der Waals surface area contributed by atoms with Crippen LogP contribution in [0.2, 0.25) is 0 Å². The summed E-state index contributed by atoms with van der Waals surface area (Å²) in [5, 5.41) is 22.2. The highest BCUT2D eigenvalue weighted by Gasteiger charge is 2.39. The normalized spacial score (nSPS) is 18.4. The van der Waals surface area contributed by atoms with Gasteiger partial charge in [0.1, 0.15) is 0 Å². The Morgan fingerprint density at radius 1 is 1.24 bits per heavy atom. The van der Waals surface area contributed by atoms with Crippen LogP contribution in [0, 0.1) is 17.2 Å². The Kier molecular flexibility index (Phi) is 8.51. The molecule has 1 aromatic rings. The van der Waals surface area contributed by atoms with Crippen molar-refractivity contribution in [1.29, 1.82) is 5.26 Å². The Morgan fingerprint density at radius 3 is 2.52 bits per heavy atom. The summed E-state index contributed by atoms with van der Waals surface area (Å²) in [5.74, 6) is 0.274. The lowest BCUT2D eigenvalue weighted by atomic mass is 9.85. The van der Waals surface area contributed by atoms with Crippen molar-refractivity contribution in [3.8, 4) is 6.07 Å². The molecule has 25 heavy (non-hydrogen) atoms. The zero-order valence-corrected chi connectivity index (χ0v) is 15.5. The van der Waals surface area contributed by atoms with Gasteiger partial charge in [-0.25, -0.2) is 0 Å². The molecule has 0 spiro atoms. The first kappa shape index (κ1) is 20.0. The Hall–Kier alpha value is -1.31. The maximum Gasteiger partial charge on any atom is 0.509 e. The summed E-state index contributed by atoms with van der Waals surface area (Å²) in [4.78, 5) is 9.63. The molecule has 0 amide bonds. The number of aliphatic hydroxyl groups excluding tert-OH is 1. The lowest BCUT2D eigenvalue weighted by Crippen LogP contribution is -2.33. The van der Waals surface area contributed by atoms with Gasteiger partial charge in [0.2, 0.25) is 0 Å². The minimum Gasteiger partial charge on any atom is -0.392 e. The third-order valence-corrected chi connectivity index (χ3v) is 6.24. The summed E-state index contributed by atoms with van der Waals surface area (Å²) in [7, 11) is -2.24. The summed E-state index contributed by atoms with van der Waals surface area (Å²) in [6, 6.07) is 9.58. The van der Waals surface area contributed by atoms with Crippen molar-refractivity contribution in [2.45, 2.75) is 56.7 Å². The Morgan fingerprint density at radius 2 is 1.92 bits per heavy atom. The van der Waals surface area contributed by atoms with E-state index in [0.29, 0.717) is 18.5 Å². The zero-order valence-electron chi connectivity index (χ0n) is 14.6. The molecule has 6 heteroatoms. The Bertz CT molecular complexity index is 579. The van der Waals surface area contributed by atoms with E-state index in [4.69, 9.17) is 5.26 Å². The van der Waals surface area contributed by atoms with Crippen molar-refractivity contribution in [3.63, 3.8) is 0 Å². The first-order chi connectivity index (χ1) is 12.1. The molecule has 136 valence electrons. The number of rotatable bonds is 9. The van der Waals surface area contributed by atoms with Crippen LogP contribution < -0.4 is 5.32 Å². The number of nitrogens with zero attached hydrogens (tertiary/aromatic N) is 1. The molecule has 0 heterocycles. The summed E-state index contributed by atoms with van der Waals surface area (Å²) < 4.78 is 11.7. The van der Waals surface area contributed by atoms with Gasteiger partial charge in [0, 0.05) is 18.9 Å². The fourth-order valence-electron chi connectivity index (χ4n) is 3.59. The predicted molar refractivity (Wildman–Crippen MR) is 98.5 cm³/mol. The standard InChI is InChI=1S/C19H27N2O3P/c20-13-16-8-6-15(7-9-16)10-11-21-14-18(22)12-19(25(23)24)17-4-2-1-3-5-17/h6-9,17-19,21-22H,1-5,10-12,14H2/p+1/t18-,19+/m0/s1. The van der Waals surface area contributed by atoms with Crippen LogP contribution in [-0.4, -0.2) is 34.9 Å². The molecule has 1 aliphatic rings. The van der Waals surface area contributed by atoms with Crippen molar-refractivity contribution in [2.75, 3.05) is 13.1 Å². The molecule has 3 atom stereocenters. The molecule has 0 bridgehead atoms. The first-order valence-corrected chi connectivity index (χ1v) is 10.4. The van der Waals surface area contributed by atoms with Crippen LogP contribution in [0.1, 0.15) is 49.7 Å². The number of aliphatic hydroxyl groups is 1. The third kappa shape index (κ3) is 6.84. The molecule has 0 aromatic heterocycles. The van der Waals surface area contributed by atoms with Crippen molar-refractivity contribution in [3.05, 3.63) is 35.4 Å². The van der Waals surface area contributed by atoms with Gasteiger partial charge in [0.15, 0.2) is 5.66 Å². The van der Waals surface area contributed by atoms with Gasteiger partial charge in [-0.15, -0.1) is 0 Å². The van der Waals surface area contributed by atoms with E-state index in [2.05, 4.69) is 11.4 Å². The lowest BCUT2D eigenvalue weighted by Gasteiger charge is -2.24. The molecule has 2 rings (SSSR count). The first-order valence-electron chi connectivity index (χ1n) is 9.13. The van der Waals surface area contributed by atoms with Crippen molar-refractivity contribution in [1.82, 2.24) is 5.32 Å². The van der Waals surface area contributed by atoms with Gasteiger partial charge >= 0.3 is 8.03 Å². The average molecular weight is 363 g/mol. The molecular formula is C19H28N2O3P+. The van der Waals surface area contributed by atoms with E-state index in [1.54, 1.807) is 12.1 Å². The number of hydrogen-bond acceptors (Lipinski definition) is 4. The van der Waals surface area contributed by atoms with Crippen molar-refractivity contribution < 1.29 is 14.6 Å². The van der Waals surface area contributed by atoms with Crippen LogP contribution in [-0.2, 0) is 11.0 Å². The van der Waals surface area contributed by atoms with Crippen LogP contribution in [0.25, 0.3) is 0 Å². The Labute approximate surface area is 150 Å². The number of benzene rings is 1. The molecule has 1 unspecified atom stereocenters. The summed E-state index contributed by atoms with van der Waals surface area (Å²) in [6.07, 6.45) is 6.09. The number of nitrogens with one attached hydrogen (secondary N) is 1. The Balaban J connectivity index is 1.70. The quantitative estimate of drug-likeness (QED) is 0.463. The van der Waals surface area contributed by atoms with Crippen LogP contribution >= 0.6 is 8.03 Å². The fourth-order valence-corrected chi connectivity index (χ4v) is 4.67. The monoisotopic (exact) mass is 363 g/mol. The molecular weight excluding hydrogens is 335 g/mol. The van der Waals surface area contributed by atoms with E-state index in [0.717, 1.165) is 44.2 Å². The predicted octanol–water partition coefficient (Wildman–Crippen LogP) is 3.12. The van der Waals surface area contributed by atoms with Gasteiger partial charge in [-0.05, 0) is 48.1 Å². The highest BCUT2D eigenvalue weighted by molar-refractivity contribution is 7.38. The second kappa shape index (κ2) is 10.6. The molecule has 5 nitrogen and oxygen atoms in total. The van der Waals surface area contributed by atoms with E-state index in [-0.39, 0.29) is 11.6 Å². The van der Waals surface area contributed by atoms with Crippen molar-refractivity contribution >= 4 is 8.03 Å². The summed E-state index contributed by atoms with van der Waals surface area (Å²) in [6.45, 7) is 1.16. The van der Waals surface area contributed by atoms with Crippen LogP contribution in [0.5, 0.6) is 0 Å². The molecule has 0 saturated heterocycles. The summed E-state index contributed by atoms with van der Waals surface area (Å²) in [5.41, 5.74) is 1.50. The molecule has 0 aliphatic heterocycles. The zero-order chi connectivity index (χ0) is 18.1. The highest BCUT2D eigenvalue weighted by Crippen LogP contribution is 2.40. The smallest absolute Gasteiger partial charge is 0.392 e. The van der Waals surface area contributed by atoms with E-state index in [1.807, 2.05) is 12.1 Å². The number of nitriles is 1. The SMILES string of the molecule is N#Cc1ccc(CCNC[C@@H](O)C[C@H](C2CCCCC2)[P+](=O)O)cc1. The third-order valence-electron chi connectivity index (χ3n) is 5.04. The minimum atomic E-state index is -2.24. The van der Waals surface area contributed by atoms with Crippen molar-refractivity contribution in [2.24, 2.45) is 5.92 Å². The van der Waals surface area contributed by atoms with Gasteiger partial charge in [0.05, 0.1) is 17.7 Å². The average Bonchev–Trinajstić information content (AvgIpc) is 2.64. The van der Waals surface area contributed by atoms with Gasteiger partial charge in [-0.3, -0.25) is 0 Å². The molecule has 1 aliphatic carbocycles. The molecule has 1 fully saturated rings. The highest BCUT2D eigenvalue weighted by atomic mass is 31.1.